The monoisotopic (exact) mass is 380 g/mol. The molecule has 3 heterocycles. The Balaban J connectivity index is 1.31. The first-order valence-electron chi connectivity index (χ1n) is 9.06. The lowest BCUT2D eigenvalue weighted by atomic mass is 10.2. The van der Waals surface area contributed by atoms with Crippen LogP contribution in [-0.2, 0) is 11.3 Å². The second-order valence-electron chi connectivity index (χ2n) is 6.66. The molecule has 1 aromatic carbocycles. The van der Waals surface area contributed by atoms with Crippen LogP contribution in [0.3, 0.4) is 0 Å². The van der Waals surface area contributed by atoms with Crippen molar-refractivity contribution in [3.8, 4) is 0 Å². The number of rotatable bonds is 4. The smallest absolute Gasteiger partial charge is 0.246 e. The van der Waals surface area contributed by atoms with Gasteiger partial charge in [-0.1, -0.05) is 35.9 Å². The number of aromatic nitrogens is 2. The third kappa shape index (κ3) is 4.21. The summed E-state index contributed by atoms with van der Waals surface area (Å²) in [5.41, 5.74) is 3.02. The molecule has 0 bridgehead atoms. The van der Waals surface area contributed by atoms with E-state index in [1.165, 1.54) is 0 Å². The van der Waals surface area contributed by atoms with Gasteiger partial charge in [0.25, 0.3) is 0 Å². The van der Waals surface area contributed by atoms with E-state index in [0.29, 0.717) is 5.02 Å². The number of nitrogens with zero attached hydrogens (tertiary/aromatic N) is 4. The molecule has 0 aliphatic carbocycles. The SMILES string of the molecule is O=C(C=Cc1ccccc1Cl)N1CCN(Cc2cc3ccccn3n2)CC1. The molecule has 1 fully saturated rings. The molecule has 2 aromatic heterocycles. The lowest BCUT2D eigenvalue weighted by Gasteiger charge is -2.33. The molecule has 0 atom stereocenters. The number of piperazine rings is 1. The Labute approximate surface area is 163 Å². The normalized spacial score (nSPS) is 15.7. The van der Waals surface area contributed by atoms with Gasteiger partial charge in [-0.25, -0.2) is 4.52 Å². The van der Waals surface area contributed by atoms with Gasteiger partial charge in [0.2, 0.25) is 5.91 Å². The number of halogens is 1. The van der Waals surface area contributed by atoms with Crippen LogP contribution in [0.25, 0.3) is 11.6 Å². The van der Waals surface area contributed by atoms with Gasteiger partial charge in [-0.2, -0.15) is 5.10 Å². The predicted molar refractivity (Wildman–Crippen MR) is 108 cm³/mol. The highest BCUT2D eigenvalue weighted by atomic mass is 35.5. The molecule has 138 valence electrons. The van der Waals surface area contributed by atoms with Gasteiger partial charge >= 0.3 is 0 Å². The van der Waals surface area contributed by atoms with Gasteiger partial charge in [0.1, 0.15) is 0 Å². The molecular weight excluding hydrogens is 360 g/mol. The van der Waals surface area contributed by atoms with Crippen LogP contribution < -0.4 is 0 Å². The minimum atomic E-state index is 0.0299. The summed E-state index contributed by atoms with van der Waals surface area (Å²) in [6, 6.07) is 15.7. The number of hydrogen-bond donors (Lipinski definition) is 0. The number of benzene rings is 1. The molecule has 27 heavy (non-hydrogen) atoms. The fraction of sp³-hybridized carbons (Fsp3) is 0.238. The number of carbonyl (C=O) groups is 1. The highest BCUT2D eigenvalue weighted by molar-refractivity contribution is 6.32. The summed E-state index contributed by atoms with van der Waals surface area (Å²) >= 11 is 6.13. The fourth-order valence-corrected chi connectivity index (χ4v) is 3.50. The van der Waals surface area contributed by atoms with Crippen LogP contribution in [0.15, 0.2) is 60.8 Å². The van der Waals surface area contributed by atoms with Crippen molar-refractivity contribution >= 4 is 29.1 Å². The van der Waals surface area contributed by atoms with E-state index < -0.39 is 0 Å². The number of fused-ring (bicyclic) bond motifs is 1. The Morgan fingerprint density at radius 3 is 2.63 bits per heavy atom. The molecule has 1 amide bonds. The van der Waals surface area contributed by atoms with E-state index in [0.717, 1.165) is 49.5 Å². The molecule has 1 aliphatic heterocycles. The summed E-state index contributed by atoms with van der Waals surface area (Å²) in [6.45, 7) is 3.94. The van der Waals surface area contributed by atoms with Crippen LogP contribution >= 0.6 is 11.6 Å². The van der Waals surface area contributed by atoms with Crippen molar-refractivity contribution in [3.63, 3.8) is 0 Å². The third-order valence-corrected chi connectivity index (χ3v) is 5.15. The predicted octanol–water partition coefficient (Wildman–Crippen LogP) is 3.35. The first kappa shape index (κ1) is 17.8. The maximum Gasteiger partial charge on any atom is 0.246 e. The third-order valence-electron chi connectivity index (χ3n) is 4.80. The van der Waals surface area contributed by atoms with E-state index in [2.05, 4.69) is 22.1 Å². The average Bonchev–Trinajstić information content (AvgIpc) is 3.10. The Morgan fingerprint density at radius 2 is 1.85 bits per heavy atom. The van der Waals surface area contributed by atoms with Crippen LogP contribution in [0.5, 0.6) is 0 Å². The summed E-state index contributed by atoms with van der Waals surface area (Å²) in [7, 11) is 0. The van der Waals surface area contributed by atoms with Crippen molar-refractivity contribution in [3.05, 3.63) is 77.1 Å². The van der Waals surface area contributed by atoms with Crippen LogP contribution in [0.1, 0.15) is 11.3 Å². The van der Waals surface area contributed by atoms with Gasteiger partial charge < -0.3 is 4.90 Å². The van der Waals surface area contributed by atoms with Gasteiger partial charge in [-0.3, -0.25) is 9.69 Å². The van der Waals surface area contributed by atoms with Crippen molar-refractivity contribution in [1.82, 2.24) is 19.4 Å². The minimum absolute atomic E-state index is 0.0299. The molecule has 0 unspecified atom stereocenters. The van der Waals surface area contributed by atoms with Crippen LogP contribution in [-0.4, -0.2) is 51.5 Å². The molecule has 0 saturated carbocycles. The quantitative estimate of drug-likeness (QED) is 0.652. The van der Waals surface area contributed by atoms with Gasteiger partial charge in [0, 0.05) is 50.0 Å². The van der Waals surface area contributed by atoms with Crippen LogP contribution in [0, 0.1) is 0 Å². The summed E-state index contributed by atoms with van der Waals surface area (Å²) < 4.78 is 1.90. The number of carbonyl (C=O) groups excluding carboxylic acids is 1. The maximum atomic E-state index is 12.4. The zero-order valence-corrected chi connectivity index (χ0v) is 15.7. The standard InChI is InChI=1S/C21H21ClN4O/c22-20-7-2-1-5-17(20)8-9-21(27)25-13-11-24(12-14-25)16-18-15-19-6-3-4-10-26(19)23-18/h1-10,15H,11-14,16H2. The summed E-state index contributed by atoms with van der Waals surface area (Å²) in [4.78, 5) is 16.6. The van der Waals surface area contributed by atoms with Crippen LogP contribution in [0.4, 0.5) is 0 Å². The van der Waals surface area contributed by atoms with Crippen molar-refractivity contribution < 1.29 is 4.79 Å². The lowest BCUT2D eigenvalue weighted by molar-refractivity contribution is -0.127. The number of hydrogen-bond acceptors (Lipinski definition) is 3. The van der Waals surface area contributed by atoms with Crippen molar-refractivity contribution in [1.29, 1.82) is 0 Å². The van der Waals surface area contributed by atoms with Gasteiger partial charge in [-0.15, -0.1) is 0 Å². The Bertz CT molecular complexity index is 940. The summed E-state index contributed by atoms with van der Waals surface area (Å²) in [6.07, 6.45) is 5.35. The topological polar surface area (TPSA) is 40.9 Å². The van der Waals surface area contributed by atoms with Crippen molar-refractivity contribution in [2.75, 3.05) is 26.2 Å². The summed E-state index contributed by atoms with van der Waals surface area (Å²) in [5, 5.41) is 5.25. The van der Waals surface area contributed by atoms with Crippen LogP contribution in [0.2, 0.25) is 5.02 Å². The Kier molecular flexibility index (Phi) is 5.23. The van der Waals surface area contributed by atoms with E-state index in [4.69, 9.17) is 11.6 Å². The zero-order valence-electron chi connectivity index (χ0n) is 15.0. The molecule has 5 nitrogen and oxygen atoms in total. The van der Waals surface area contributed by atoms with E-state index in [-0.39, 0.29) is 5.91 Å². The molecule has 4 rings (SSSR count). The first-order chi connectivity index (χ1) is 13.2. The average molecular weight is 381 g/mol. The molecule has 0 radical (unpaired) electrons. The van der Waals surface area contributed by atoms with Crippen molar-refractivity contribution in [2.45, 2.75) is 6.54 Å². The second-order valence-corrected chi connectivity index (χ2v) is 7.07. The number of pyridine rings is 1. The van der Waals surface area contributed by atoms with Gasteiger partial charge in [-0.05, 0) is 35.9 Å². The van der Waals surface area contributed by atoms with E-state index >= 15 is 0 Å². The first-order valence-corrected chi connectivity index (χ1v) is 9.44. The van der Waals surface area contributed by atoms with E-state index in [1.807, 2.05) is 52.0 Å². The van der Waals surface area contributed by atoms with E-state index in [9.17, 15) is 4.79 Å². The Morgan fingerprint density at radius 1 is 1.07 bits per heavy atom. The van der Waals surface area contributed by atoms with Gasteiger partial charge in [0.05, 0.1) is 11.2 Å². The molecule has 1 saturated heterocycles. The largest absolute Gasteiger partial charge is 0.337 e. The molecule has 0 spiro atoms. The van der Waals surface area contributed by atoms with Crippen molar-refractivity contribution in [2.24, 2.45) is 0 Å². The molecule has 0 N–H and O–H groups in total. The van der Waals surface area contributed by atoms with E-state index in [1.54, 1.807) is 12.2 Å². The molecule has 6 heteroatoms. The fourth-order valence-electron chi connectivity index (χ4n) is 3.30. The highest BCUT2D eigenvalue weighted by Gasteiger charge is 2.20. The molecule has 1 aliphatic rings. The van der Waals surface area contributed by atoms with Gasteiger partial charge in [0.15, 0.2) is 0 Å². The zero-order chi connectivity index (χ0) is 18.6. The second kappa shape index (κ2) is 7.94. The lowest BCUT2D eigenvalue weighted by Crippen LogP contribution is -2.47. The molecule has 3 aromatic rings. The minimum Gasteiger partial charge on any atom is -0.337 e. The molecular formula is C21H21ClN4O. The summed E-state index contributed by atoms with van der Waals surface area (Å²) in [5.74, 6) is 0.0299. The Hall–Kier alpha value is -2.63. The number of amides is 1. The maximum absolute atomic E-state index is 12.4. The highest BCUT2D eigenvalue weighted by Crippen LogP contribution is 2.17.